The number of hydrogen-bond donors (Lipinski definition) is 2. The van der Waals surface area contributed by atoms with Crippen molar-refractivity contribution in [1.29, 1.82) is 0 Å². The Labute approximate surface area is 92.6 Å². The van der Waals surface area contributed by atoms with Gasteiger partial charge < -0.3 is 14.9 Å². The molecule has 0 spiro atoms. The molecule has 0 saturated heterocycles. The standard InChI is InChI=1S/C10H14N2O4/c1-3-4-7(10(14)15)11-9(13)8-5-6(2)12-16-8/h5,7H,3-4H2,1-2H3,(H,11,13)(H,14,15)/t7-/m1/s1. The van der Waals surface area contributed by atoms with Crippen molar-refractivity contribution in [3.05, 3.63) is 17.5 Å². The van der Waals surface area contributed by atoms with Crippen LogP contribution in [-0.4, -0.2) is 28.2 Å². The fourth-order valence-corrected chi connectivity index (χ4v) is 1.25. The highest BCUT2D eigenvalue weighted by Gasteiger charge is 2.21. The van der Waals surface area contributed by atoms with E-state index in [-0.39, 0.29) is 5.76 Å². The molecule has 0 aliphatic rings. The van der Waals surface area contributed by atoms with Crippen LogP contribution in [0.15, 0.2) is 10.6 Å². The smallest absolute Gasteiger partial charge is 0.326 e. The van der Waals surface area contributed by atoms with Gasteiger partial charge in [-0.2, -0.15) is 0 Å². The first-order chi connectivity index (χ1) is 7.54. The third kappa shape index (κ3) is 3.08. The van der Waals surface area contributed by atoms with Crippen molar-refractivity contribution in [3.63, 3.8) is 0 Å². The number of hydrogen-bond acceptors (Lipinski definition) is 4. The predicted octanol–water partition coefficient (Wildman–Crippen LogP) is 0.966. The summed E-state index contributed by atoms with van der Waals surface area (Å²) in [5.41, 5.74) is 0.576. The zero-order valence-electron chi connectivity index (χ0n) is 9.19. The second-order valence-electron chi connectivity index (χ2n) is 3.49. The van der Waals surface area contributed by atoms with Crippen molar-refractivity contribution in [2.24, 2.45) is 0 Å². The third-order valence-corrected chi connectivity index (χ3v) is 2.03. The van der Waals surface area contributed by atoms with Crippen LogP contribution in [0.5, 0.6) is 0 Å². The summed E-state index contributed by atoms with van der Waals surface area (Å²) in [6.07, 6.45) is 1.06. The monoisotopic (exact) mass is 226 g/mol. The molecular weight excluding hydrogens is 212 g/mol. The van der Waals surface area contributed by atoms with Gasteiger partial charge in [-0.05, 0) is 13.3 Å². The number of aryl methyl sites for hydroxylation is 1. The van der Waals surface area contributed by atoms with Gasteiger partial charge in [-0.1, -0.05) is 18.5 Å². The summed E-state index contributed by atoms with van der Waals surface area (Å²) >= 11 is 0. The van der Waals surface area contributed by atoms with Crippen LogP contribution in [0.2, 0.25) is 0 Å². The largest absolute Gasteiger partial charge is 0.480 e. The van der Waals surface area contributed by atoms with E-state index in [2.05, 4.69) is 10.5 Å². The first-order valence-electron chi connectivity index (χ1n) is 5.01. The van der Waals surface area contributed by atoms with Crippen LogP contribution >= 0.6 is 0 Å². The Kier molecular flexibility index (Phi) is 4.04. The Balaban J connectivity index is 2.65. The van der Waals surface area contributed by atoms with Gasteiger partial charge in [0.25, 0.3) is 5.91 Å². The van der Waals surface area contributed by atoms with E-state index in [1.54, 1.807) is 6.92 Å². The van der Waals surface area contributed by atoms with E-state index in [0.717, 1.165) is 0 Å². The van der Waals surface area contributed by atoms with Gasteiger partial charge in [0.05, 0.1) is 5.69 Å². The first kappa shape index (κ1) is 12.2. The lowest BCUT2D eigenvalue weighted by Gasteiger charge is -2.11. The van der Waals surface area contributed by atoms with Crippen molar-refractivity contribution in [2.75, 3.05) is 0 Å². The number of carbonyl (C=O) groups is 2. The molecule has 6 heteroatoms. The van der Waals surface area contributed by atoms with E-state index in [1.165, 1.54) is 6.07 Å². The molecule has 0 radical (unpaired) electrons. The number of aliphatic carboxylic acids is 1. The van der Waals surface area contributed by atoms with E-state index >= 15 is 0 Å². The maximum Gasteiger partial charge on any atom is 0.326 e. The normalized spacial score (nSPS) is 12.1. The lowest BCUT2D eigenvalue weighted by atomic mass is 10.1. The fraction of sp³-hybridized carbons (Fsp3) is 0.500. The topological polar surface area (TPSA) is 92.4 Å². The number of nitrogens with one attached hydrogen (secondary N) is 1. The molecule has 0 aromatic carbocycles. The number of carboxylic acids is 1. The van der Waals surface area contributed by atoms with Crippen molar-refractivity contribution in [3.8, 4) is 0 Å². The molecule has 0 aliphatic heterocycles. The molecule has 1 atom stereocenters. The van der Waals surface area contributed by atoms with Crippen LogP contribution in [-0.2, 0) is 4.79 Å². The summed E-state index contributed by atoms with van der Waals surface area (Å²) in [7, 11) is 0. The second kappa shape index (κ2) is 5.29. The van der Waals surface area contributed by atoms with Crippen LogP contribution in [0.3, 0.4) is 0 Å². The van der Waals surface area contributed by atoms with Gasteiger partial charge in [-0.3, -0.25) is 4.79 Å². The zero-order valence-corrected chi connectivity index (χ0v) is 9.19. The van der Waals surface area contributed by atoms with Gasteiger partial charge in [-0.25, -0.2) is 4.79 Å². The average molecular weight is 226 g/mol. The van der Waals surface area contributed by atoms with Crippen molar-refractivity contribution in [1.82, 2.24) is 10.5 Å². The Morgan fingerprint density at radius 2 is 2.31 bits per heavy atom. The van der Waals surface area contributed by atoms with E-state index in [1.807, 2.05) is 6.92 Å². The van der Waals surface area contributed by atoms with E-state index in [0.29, 0.717) is 18.5 Å². The van der Waals surface area contributed by atoms with Gasteiger partial charge in [0.2, 0.25) is 5.76 Å². The highest BCUT2D eigenvalue weighted by atomic mass is 16.5. The van der Waals surface area contributed by atoms with Crippen molar-refractivity contribution >= 4 is 11.9 Å². The highest BCUT2D eigenvalue weighted by Crippen LogP contribution is 2.04. The van der Waals surface area contributed by atoms with E-state index in [9.17, 15) is 9.59 Å². The van der Waals surface area contributed by atoms with Crippen LogP contribution in [0.4, 0.5) is 0 Å². The van der Waals surface area contributed by atoms with Gasteiger partial charge in [0.1, 0.15) is 6.04 Å². The average Bonchev–Trinajstić information content (AvgIpc) is 2.64. The van der Waals surface area contributed by atoms with Crippen LogP contribution < -0.4 is 5.32 Å². The molecule has 1 amide bonds. The summed E-state index contributed by atoms with van der Waals surface area (Å²) in [4.78, 5) is 22.3. The number of aromatic nitrogens is 1. The number of rotatable bonds is 5. The maximum atomic E-state index is 11.5. The fourth-order valence-electron chi connectivity index (χ4n) is 1.25. The SMILES string of the molecule is CCC[C@@H](NC(=O)c1cc(C)no1)C(=O)O. The minimum Gasteiger partial charge on any atom is -0.480 e. The molecule has 0 unspecified atom stereocenters. The Morgan fingerprint density at radius 1 is 1.62 bits per heavy atom. The molecule has 1 heterocycles. The van der Waals surface area contributed by atoms with E-state index < -0.39 is 17.9 Å². The number of carbonyl (C=O) groups excluding carboxylic acids is 1. The molecule has 2 N–H and O–H groups in total. The minimum atomic E-state index is -1.05. The molecular formula is C10H14N2O4. The molecule has 0 saturated carbocycles. The van der Waals surface area contributed by atoms with Crippen LogP contribution in [0.1, 0.15) is 36.0 Å². The molecule has 88 valence electrons. The van der Waals surface area contributed by atoms with Crippen molar-refractivity contribution in [2.45, 2.75) is 32.7 Å². The van der Waals surface area contributed by atoms with Crippen LogP contribution in [0, 0.1) is 6.92 Å². The maximum absolute atomic E-state index is 11.5. The zero-order chi connectivity index (χ0) is 12.1. The van der Waals surface area contributed by atoms with Crippen molar-refractivity contribution < 1.29 is 19.2 Å². The van der Waals surface area contributed by atoms with E-state index in [4.69, 9.17) is 9.63 Å². The van der Waals surface area contributed by atoms with Crippen LogP contribution in [0.25, 0.3) is 0 Å². The quantitative estimate of drug-likeness (QED) is 0.780. The lowest BCUT2D eigenvalue weighted by molar-refractivity contribution is -0.139. The predicted molar refractivity (Wildman–Crippen MR) is 55.0 cm³/mol. The van der Waals surface area contributed by atoms with Gasteiger partial charge in [0.15, 0.2) is 0 Å². The number of carboxylic acid groups (broad SMARTS) is 1. The number of amides is 1. The molecule has 0 fully saturated rings. The summed E-state index contributed by atoms with van der Waals surface area (Å²) in [5.74, 6) is -1.58. The summed E-state index contributed by atoms with van der Waals surface area (Å²) < 4.78 is 4.73. The molecule has 16 heavy (non-hydrogen) atoms. The second-order valence-corrected chi connectivity index (χ2v) is 3.49. The van der Waals surface area contributed by atoms with Gasteiger partial charge >= 0.3 is 5.97 Å². The Hall–Kier alpha value is -1.85. The molecule has 1 aromatic rings. The van der Waals surface area contributed by atoms with Gasteiger partial charge in [-0.15, -0.1) is 0 Å². The molecule has 0 bridgehead atoms. The summed E-state index contributed by atoms with van der Waals surface area (Å²) in [6.45, 7) is 3.53. The number of nitrogens with zero attached hydrogens (tertiary/aromatic N) is 1. The molecule has 6 nitrogen and oxygen atoms in total. The Morgan fingerprint density at radius 3 is 2.75 bits per heavy atom. The molecule has 1 rings (SSSR count). The third-order valence-electron chi connectivity index (χ3n) is 2.03. The molecule has 0 aliphatic carbocycles. The van der Waals surface area contributed by atoms with Gasteiger partial charge in [0, 0.05) is 6.07 Å². The minimum absolute atomic E-state index is 0.0276. The summed E-state index contributed by atoms with van der Waals surface area (Å²) in [6, 6.07) is 0.572. The first-order valence-corrected chi connectivity index (χ1v) is 5.01. The Bertz CT molecular complexity index is 386. The molecule has 1 aromatic heterocycles. The highest BCUT2D eigenvalue weighted by molar-refractivity contribution is 5.94. The lowest BCUT2D eigenvalue weighted by Crippen LogP contribution is -2.40. The summed E-state index contributed by atoms with van der Waals surface area (Å²) in [5, 5.41) is 14.8.